The van der Waals surface area contributed by atoms with E-state index in [9.17, 15) is 9.59 Å². The molecule has 0 unspecified atom stereocenters. The predicted octanol–water partition coefficient (Wildman–Crippen LogP) is 4.17. The number of allylic oxidation sites excluding steroid dienone is 1. The van der Waals surface area contributed by atoms with Crippen LogP contribution in [0.1, 0.15) is 49.5 Å². The molecule has 0 fully saturated rings. The Morgan fingerprint density at radius 3 is 2.56 bits per heavy atom. The quantitative estimate of drug-likeness (QED) is 0.156. The van der Waals surface area contributed by atoms with Gasteiger partial charge in [-0.15, -0.1) is 11.6 Å². The van der Waals surface area contributed by atoms with Gasteiger partial charge in [0.15, 0.2) is 13.6 Å². The summed E-state index contributed by atoms with van der Waals surface area (Å²) in [4.78, 5) is 25.0. The molecule has 198 valence electrons. The molecule has 0 bridgehead atoms. The lowest BCUT2D eigenvalue weighted by Gasteiger charge is -2.19. The van der Waals surface area contributed by atoms with Gasteiger partial charge in [0.25, 0.3) is 0 Å². The molecule has 0 spiro atoms. The van der Waals surface area contributed by atoms with Crippen molar-refractivity contribution in [2.75, 3.05) is 32.7 Å². The molecule has 1 heterocycles. The Morgan fingerprint density at radius 2 is 1.86 bits per heavy atom. The van der Waals surface area contributed by atoms with E-state index in [1.54, 1.807) is 31.2 Å². The second kappa shape index (κ2) is 16.0. The summed E-state index contributed by atoms with van der Waals surface area (Å²) in [6.07, 6.45) is 7.73. The van der Waals surface area contributed by atoms with E-state index in [1.807, 2.05) is 26.0 Å². The third-order valence-corrected chi connectivity index (χ3v) is 5.32. The number of cyclic esters (lactones) is 1. The van der Waals surface area contributed by atoms with E-state index >= 15 is 0 Å². The first kappa shape index (κ1) is 29.4. The maximum absolute atomic E-state index is 13.3. The van der Waals surface area contributed by atoms with Gasteiger partial charge in [0.05, 0.1) is 6.04 Å². The number of nitrogens with one attached hydrogen (secondary N) is 2. The number of esters is 1. The van der Waals surface area contributed by atoms with Crippen molar-refractivity contribution in [2.24, 2.45) is 0 Å². The zero-order valence-electron chi connectivity index (χ0n) is 21.0. The summed E-state index contributed by atoms with van der Waals surface area (Å²) in [7, 11) is 0. The summed E-state index contributed by atoms with van der Waals surface area (Å²) in [5, 5.41) is 11.3. The number of benzene rings is 1. The lowest BCUT2D eigenvalue weighted by molar-refractivity contribution is -0.119. The number of halogens is 1. The molecule has 1 aromatic rings. The van der Waals surface area contributed by atoms with Crippen LogP contribution in [-0.2, 0) is 25.4 Å². The van der Waals surface area contributed by atoms with Gasteiger partial charge >= 0.3 is 5.97 Å². The topological polar surface area (TPSA) is 116 Å². The van der Waals surface area contributed by atoms with Gasteiger partial charge in [0, 0.05) is 37.8 Å². The number of carbonyl (C=O) groups excluding carboxylic acids is 2. The fourth-order valence-corrected chi connectivity index (χ4v) is 3.45. The lowest BCUT2D eigenvalue weighted by atomic mass is 9.99. The molecule has 0 saturated heterocycles. The zero-order valence-corrected chi connectivity index (χ0v) is 21.8. The van der Waals surface area contributed by atoms with Crippen LogP contribution < -0.4 is 14.8 Å². The highest BCUT2D eigenvalue weighted by molar-refractivity contribution is 6.27. The van der Waals surface area contributed by atoms with Gasteiger partial charge in [-0.25, -0.2) is 4.79 Å². The van der Waals surface area contributed by atoms with Crippen molar-refractivity contribution < 1.29 is 33.3 Å². The number of carbonyl (C=O) groups is 2. The minimum Gasteiger partial charge on any atom is -0.467 e. The minimum atomic E-state index is -0.574. The van der Waals surface area contributed by atoms with Crippen molar-refractivity contribution in [1.82, 2.24) is 5.32 Å². The number of hydrogen-bond donors (Lipinski definition) is 2. The molecular formula is C26H35ClN2O7. The number of alkyl halides is 1. The van der Waals surface area contributed by atoms with Crippen LogP contribution in [0.4, 0.5) is 0 Å². The van der Waals surface area contributed by atoms with E-state index in [2.05, 4.69) is 5.32 Å². The van der Waals surface area contributed by atoms with Crippen LogP contribution in [0, 0.1) is 5.41 Å². The number of hydrogen-bond acceptors (Lipinski definition) is 8. The number of fused-ring (bicyclic) bond motifs is 1. The molecule has 0 saturated carbocycles. The summed E-state index contributed by atoms with van der Waals surface area (Å²) < 4.78 is 27.7. The SMILES string of the molecule is CCOCOc1cc2c(c(OCOCC)c1)C(=O)O[C@H](C)C/C=C/[C@H](NC(=O)CCl)C/C=C/C(=N)C2. The second-order valence-corrected chi connectivity index (χ2v) is 8.26. The normalized spacial score (nSPS) is 20.4. The highest BCUT2D eigenvalue weighted by Gasteiger charge is 2.24. The summed E-state index contributed by atoms with van der Waals surface area (Å²) in [5.41, 5.74) is 0.983. The van der Waals surface area contributed by atoms with E-state index in [4.69, 9.17) is 40.7 Å². The van der Waals surface area contributed by atoms with Crippen LogP contribution in [-0.4, -0.2) is 62.4 Å². The maximum atomic E-state index is 13.3. The third-order valence-electron chi connectivity index (χ3n) is 5.08. The largest absolute Gasteiger partial charge is 0.467 e. The van der Waals surface area contributed by atoms with E-state index in [-0.39, 0.29) is 54.9 Å². The molecule has 2 atom stereocenters. The first-order chi connectivity index (χ1) is 17.4. The van der Waals surface area contributed by atoms with E-state index in [0.29, 0.717) is 37.4 Å². The Balaban J connectivity index is 2.43. The van der Waals surface area contributed by atoms with Crippen molar-refractivity contribution >= 4 is 29.2 Å². The molecule has 1 aliphatic rings. The second-order valence-electron chi connectivity index (χ2n) is 7.99. The van der Waals surface area contributed by atoms with Gasteiger partial charge < -0.3 is 34.4 Å². The first-order valence-electron chi connectivity index (χ1n) is 11.9. The third kappa shape index (κ3) is 10.0. The standard InChI is InChI=1S/C26H35ClN2O7/c1-4-32-16-34-22-13-19-12-20(28)9-7-11-21(29-24(30)15-27)10-6-8-18(3)36-26(31)25(19)23(14-22)35-17-33-5-2/h6-7,9-10,13-14,18,21,28H,4-5,8,11-12,15-17H2,1-3H3,(H,29,30)/b9-7+,10-6+,28-20?/t18-,21+/m1/s1. The van der Waals surface area contributed by atoms with Crippen LogP contribution in [0.3, 0.4) is 0 Å². The Labute approximate surface area is 217 Å². The lowest BCUT2D eigenvalue weighted by Crippen LogP contribution is -2.34. The predicted molar refractivity (Wildman–Crippen MR) is 137 cm³/mol. The number of rotatable bonds is 10. The minimum absolute atomic E-state index is 0.0285. The van der Waals surface area contributed by atoms with E-state index in [1.165, 1.54) is 0 Å². The van der Waals surface area contributed by atoms with E-state index in [0.717, 1.165) is 0 Å². The molecular weight excluding hydrogens is 488 g/mol. The molecule has 10 heteroatoms. The number of ether oxygens (including phenoxy) is 5. The van der Waals surface area contributed by atoms with Crippen LogP contribution in [0.15, 0.2) is 36.4 Å². The maximum Gasteiger partial charge on any atom is 0.342 e. The fourth-order valence-electron chi connectivity index (χ4n) is 3.37. The summed E-state index contributed by atoms with van der Waals surface area (Å²) in [5.74, 6) is -0.332. The van der Waals surface area contributed by atoms with Crippen molar-refractivity contribution in [3.05, 3.63) is 47.6 Å². The average Bonchev–Trinajstić information content (AvgIpc) is 2.83. The molecule has 0 radical (unpaired) electrons. The molecule has 1 aromatic carbocycles. The first-order valence-corrected chi connectivity index (χ1v) is 12.5. The van der Waals surface area contributed by atoms with E-state index < -0.39 is 12.1 Å². The van der Waals surface area contributed by atoms with Gasteiger partial charge in [0.2, 0.25) is 5.91 Å². The van der Waals surface area contributed by atoms with Crippen molar-refractivity contribution in [3.63, 3.8) is 0 Å². The Morgan fingerprint density at radius 1 is 1.14 bits per heavy atom. The molecule has 2 rings (SSSR count). The van der Waals surface area contributed by atoms with Gasteiger partial charge in [-0.2, -0.15) is 0 Å². The zero-order chi connectivity index (χ0) is 26.3. The monoisotopic (exact) mass is 522 g/mol. The van der Waals surface area contributed by atoms with Gasteiger partial charge in [-0.3, -0.25) is 4.79 Å². The Bertz CT molecular complexity index is 948. The Kier molecular flexibility index (Phi) is 13.0. The highest BCUT2D eigenvalue weighted by Crippen LogP contribution is 2.31. The van der Waals surface area contributed by atoms with Crippen molar-refractivity contribution in [1.29, 1.82) is 5.41 Å². The molecule has 0 aromatic heterocycles. The fraction of sp³-hybridized carbons (Fsp3) is 0.500. The summed E-state index contributed by atoms with van der Waals surface area (Å²) in [6, 6.07) is 2.98. The van der Waals surface area contributed by atoms with Crippen molar-refractivity contribution in [3.8, 4) is 11.5 Å². The van der Waals surface area contributed by atoms with Crippen LogP contribution in [0.25, 0.3) is 0 Å². The molecule has 2 N–H and O–H groups in total. The van der Waals surface area contributed by atoms with Crippen LogP contribution in [0.2, 0.25) is 0 Å². The number of amides is 1. The summed E-state index contributed by atoms with van der Waals surface area (Å²) in [6.45, 7) is 6.37. The smallest absolute Gasteiger partial charge is 0.342 e. The van der Waals surface area contributed by atoms with Gasteiger partial charge in [-0.1, -0.05) is 18.2 Å². The molecule has 9 nitrogen and oxygen atoms in total. The Hall–Kier alpha value is -2.88. The molecule has 1 aliphatic heterocycles. The van der Waals surface area contributed by atoms with Crippen LogP contribution >= 0.6 is 11.6 Å². The molecule has 1 amide bonds. The molecule has 36 heavy (non-hydrogen) atoms. The van der Waals surface area contributed by atoms with Gasteiger partial charge in [0.1, 0.15) is 29.0 Å². The van der Waals surface area contributed by atoms with Crippen molar-refractivity contribution in [2.45, 2.75) is 52.2 Å². The summed E-state index contributed by atoms with van der Waals surface area (Å²) >= 11 is 5.62. The average molecular weight is 523 g/mol. The van der Waals surface area contributed by atoms with Crippen LogP contribution in [0.5, 0.6) is 11.5 Å². The van der Waals surface area contributed by atoms with Gasteiger partial charge in [-0.05, 0) is 44.9 Å². The molecule has 0 aliphatic carbocycles. The highest BCUT2D eigenvalue weighted by atomic mass is 35.5.